The monoisotopic (exact) mass is 381 g/mol. The van der Waals surface area contributed by atoms with Gasteiger partial charge in [-0.05, 0) is 31.5 Å². The molecule has 0 radical (unpaired) electrons. The molecule has 0 unspecified atom stereocenters. The zero-order valence-corrected chi connectivity index (χ0v) is 15.4. The van der Waals surface area contributed by atoms with Crippen molar-refractivity contribution in [3.63, 3.8) is 0 Å². The molecular formula is C20H19N3O5. The van der Waals surface area contributed by atoms with Crippen LogP contribution in [0.1, 0.15) is 25.5 Å². The number of fused-ring (bicyclic) bond motifs is 1. The Morgan fingerprint density at radius 2 is 1.64 bits per heavy atom. The first-order chi connectivity index (χ1) is 13.4. The van der Waals surface area contributed by atoms with Gasteiger partial charge in [0.05, 0.1) is 16.7 Å². The molecule has 2 heterocycles. The lowest BCUT2D eigenvalue weighted by atomic mass is 9.90. The van der Waals surface area contributed by atoms with Crippen molar-refractivity contribution in [2.45, 2.75) is 32.0 Å². The highest BCUT2D eigenvalue weighted by molar-refractivity contribution is 6.08. The van der Waals surface area contributed by atoms with Crippen LogP contribution in [0.3, 0.4) is 0 Å². The van der Waals surface area contributed by atoms with Crippen LogP contribution in [0.4, 0.5) is 11.4 Å². The van der Waals surface area contributed by atoms with E-state index in [0.29, 0.717) is 11.3 Å². The Kier molecular flexibility index (Phi) is 4.35. The number of carbonyl (C=O) groups excluding carboxylic acids is 2. The Balaban J connectivity index is 1.79. The number of hydrogen-bond donors (Lipinski definition) is 0. The third-order valence-electron chi connectivity index (χ3n) is 5.12. The van der Waals surface area contributed by atoms with Crippen molar-refractivity contribution in [2.75, 3.05) is 5.06 Å². The Morgan fingerprint density at radius 1 is 1.00 bits per heavy atom. The van der Waals surface area contributed by atoms with Gasteiger partial charge in [-0.15, -0.1) is 0 Å². The van der Waals surface area contributed by atoms with Gasteiger partial charge in [0, 0.05) is 18.2 Å². The van der Waals surface area contributed by atoms with Crippen molar-refractivity contribution < 1.29 is 19.3 Å². The molecule has 8 heteroatoms. The molecule has 0 N–H and O–H groups in total. The maximum absolute atomic E-state index is 13.1. The summed E-state index contributed by atoms with van der Waals surface area (Å²) < 4.78 is 0. The van der Waals surface area contributed by atoms with E-state index in [-0.39, 0.29) is 23.5 Å². The van der Waals surface area contributed by atoms with Crippen LogP contribution in [-0.2, 0) is 14.4 Å². The van der Waals surface area contributed by atoms with Crippen molar-refractivity contribution in [3.8, 4) is 0 Å². The van der Waals surface area contributed by atoms with Gasteiger partial charge in [0.15, 0.2) is 6.10 Å². The van der Waals surface area contributed by atoms with Gasteiger partial charge in [-0.25, -0.2) is 5.06 Å². The standard InChI is InChI=1S/C20H19N3O5/c1-12(2)21-19(24)16-17(13-8-10-15(11-9-13)23(26)27)22(28-18(16)20(21)25)14-6-4-3-5-7-14/h3-12,16-18H,1-2H3/t16-,17-,18+/m0/s1. The summed E-state index contributed by atoms with van der Waals surface area (Å²) >= 11 is 0. The van der Waals surface area contributed by atoms with E-state index in [0.717, 1.165) is 0 Å². The van der Waals surface area contributed by atoms with E-state index in [4.69, 9.17) is 4.84 Å². The number of hydrogen-bond acceptors (Lipinski definition) is 6. The predicted molar refractivity (Wildman–Crippen MR) is 100 cm³/mol. The van der Waals surface area contributed by atoms with Crippen LogP contribution >= 0.6 is 0 Å². The number of amides is 2. The molecule has 2 aromatic carbocycles. The SMILES string of the molecule is CC(C)N1C(=O)[C@@H]2[C@@H](ON(c3ccccc3)[C@H]2c2ccc([N+](=O)[O-])cc2)C1=O. The molecule has 0 aliphatic carbocycles. The average molecular weight is 381 g/mol. The van der Waals surface area contributed by atoms with Crippen molar-refractivity contribution in [1.29, 1.82) is 0 Å². The van der Waals surface area contributed by atoms with E-state index in [1.54, 1.807) is 31.0 Å². The quantitative estimate of drug-likeness (QED) is 0.459. The summed E-state index contributed by atoms with van der Waals surface area (Å²) in [7, 11) is 0. The summed E-state index contributed by atoms with van der Waals surface area (Å²) in [5.41, 5.74) is 1.34. The summed E-state index contributed by atoms with van der Waals surface area (Å²) in [6.07, 6.45) is -0.907. The first-order valence-corrected chi connectivity index (χ1v) is 9.02. The van der Waals surface area contributed by atoms with Gasteiger partial charge in [-0.2, -0.15) is 0 Å². The van der Waals surface area contributed by atoms with Crippen LogP contribution in [0, 0.1) is 16.0 Å². The van der Waals surface area contributed by atoms with E-state index in [1.807, 2.05) is 30.3 Å². The molecular weight excluding hydrogens is 362 g/mol. The highest BCUT2D eigenvalue weighted by Gasteiger charge is 2.60. The molecule has 28 heavy (non-hydrogen) atoms. The second-order valence-corrected chi connectivity index (χ2v) is 7.15. The number of non-ortho nitro benzene ring substituents is 1. The minimum absolute atomic E-state index is 0.0388. The minimum atomic E-state index is -0.907. The lowest BCUT2D eigenvalue weighted by molar-refractivity contribution is -0.384. The Hall–Kier alpha value is -3.26. The molecule has 2 amide bonds. The first-order valence-electron chi connectivity index (χ1n) is 9.02. The molecule has 2 aromatic rings. The van der Waals surface area contributed by atoms with Crippen LogP contribution in [0.25, 0.3) is 0 Å². The molecule has 8 nitrogen and oxygen atoms in total. The summed E-state index contributed by atoms with van der Waals surface area (Å²) in [4.78, 5) is 43.6. The summed E-state index contributed by atoms with van der Waals surface area (Å²) in [5.74, 6) is -1.35. The number of carbonyl (C=O) groups is 2. The third-order valence-corrected chi connectivity index (χ3v) is 5.12. The summed E-state index contributed by atoms with van der Waals surface area (Å²) in [6, 6.07) is 14.4. The minimum Gasteiger partial charge on any atom is -0.277 e. The smallest absolute Gasteiger partial charge is 0.269 e. The lowest BCUT2D eigenvalue weighted by Crippen LogP contribution is -2.41. The van der Waals surface area contributed by atoms with Crippen molar-refractivity contribution >= 4 is 23.2 Å². The Morgan fingerprint density at radius 3 is 2.21 bits per heavy atom. The van der Waals surface area contributed by atoms with Crippen molar-refractivity contribution in [2.24, 2.45) is 5.92 Å². The second kappa shape index (κ2) is 6.72. The number of imide groups is 1. The molecule has 0 bridgehead atoms. The van der Waals surface area contributed by atoms with E-state index in [9.17, 15) is 19.7 Å². The Bertz CT molecular complexity index is 929. The van der Waals surface area contributed by atoms with Gasteiger partial charge in [-0.1, -0.05) is 30.3 Å². The number of anilines is 1. The van der Waals surface area contributed by atoms with Gasteiger partial charge < -0.3 is 0 Å². The maximum Gasteiger partial charge on any atom is 0.269 e. The number of rotatable bonds is 4. The van der Waals surface area contributed by atoms with Crippen LogP contribution in [0.5, 0.6) is 0 Å². The number of nitrogens with zero attached hydrogens (tertiary/aromatic N) is 3. The van der Waals surface area contributed by atoms with E-state index >= 15 is 0 Å². The van der Waals surface area contributed by atoms with Gasteiger partial charge in [-0.3, -0.25) is 29.4 Å². The Labute approximate surface area is 161 Å². The molecule has 0 spiro atoms. The normalized spacial score (nSPS) is 24.2. The fourth-order valence-electron chi connectivity index (χ4n) is 3.88. The molecule has 2 saturated heterocycles. The summed E-state index contributed by atoms with van der Waals surface area (Å²) in [5, 5.41) is 12.6. The van der Waals surface area contributed by atoms with Crippen LogP contribution in [0.2, 0.25) is 0 Å². The van der Waals surface area contributed by atoms with Crippen molar-refractivity contribution in [3.05, 3.63) is 70.3 Å². The maximum atomic E-state index is 13.1. The van der Waals surface area contributed by atoms with Gasteiger partial charge in [0.25, 0.3) is 11.6 Å². The lowest BCUT2D eigenvalue weighted by Gasteiger charge is -2.29. The number of para-hydroxylation sites is 1. The fraction of sp³-hybridized carbons (Fsp3) is 0.300. The number of likely N-dealkylation sites (tertiary alicyclic amines) is 1. The zero-order valence-electron chi connectivity index (χ0n) is 15.4. The fourth-order valence-corrected chi connectivity index (χ4v) is 3.88. The van der Waals surface area contributed by atoms with E-state index < -0.39 is 23.0 Å². The molecule has 0 aromatic heterocycles. The highest BCUT2D eigenvalue weighted by Crippen LogP contribution is 2.47. The molecule has 4 rings (SSSR count). The topological polar surface area (TPSA) is 93.0 Å². The third kappa shape index (κ3) is 2.73. The summed E-state index contributed by atoms with van der Waals surface area (Å²) in [6.45, 7) is 3.57. The van der Waals surface area contributed by atoms with E-state index in [1.165, 1.54) is 17.0 Å². The molecule has 0 saturated carbocycles. The number of nitro benzene ring substituents is 1. The van der Waals surface area contributed by atoms with E-state index in [2.05, 4.69) is 0 Å². The average Bonchev–Trinajstić information content (AvgIpc) is 3.19. The van der Waals surface area contributed by atoms with Crippen molar-refractivity contribution in [1.82, 2.24) is 4.90 Å². The van der Waals surface area contributed by atoms with Crippen LogP contribution in [-0.4, -0.2) is 33.8 Å². The number of hydroxylamine groups is 1. The van der Waals surface area contributed by atoms with Gasteiger partial charge in [0.1, 0.15) is 5.92 Å². The first kappa shape index (κ1) is 18.1. The number of nitro groups is 1. The molecule has 144 valence electrons. The predicted octanol–water partition coefficient (Wildman–Crippen LogP) is 2.85. The molecule has 2 aliphatic heterocycles. The van der Waals surface area contributed by atoms with Gasteiger partial charge in [0.2, 0.25) is 5.91 Å². The molecule has 3 atom stereocenters. The van der Waals surface area contributed by atoms with Gasteiger partial charge >= 0.3 is 0 Å². The molecule has 2 aliphatic rings. The number of benzene rings is 2. The largest absolute Gasteiger partial charge is 0.277 e. The highest BCUT2D eigenvalue weighted by atomic mass is 16.7. The zero-order chi connectivity index (χ0) is 20.0. The van der Waals surface area contributed by atoms with Crippen LogP contribution < -0.4 is 5.06 Å². The van der Waals surface area contributed by atoms with Crippen LogP contribution in [0.15, 0.2) is 54.6 Å². The second-order valence-electron chi connectivity index (χ2n) is 7.15. The molecule has 2 fully saturated rings.